The highest BCUT2D eigenvalue weighted by atomic mass is 16.6. The minimum Gasteiger partial charge on any atom is -0.508 e. The van der Waals surface area contributed by atoms with Crippen LogP contribution in [-0.4, -0.2) is 11.7 Å². The van der Waals surface area contributed by atoms with Crippen molar-refractivity contribution in [3.8, 4) is 11.5 Å². The third kappa shape index (κ3) is 1.14. The van der Waals surface area contributed by atoms with Gasteiger partial charge in [0, 0.05) is 12.1 Å². The van der Waals surface area contributed by atoms with Crippen molar-refractivity contribution in [3.05, 3.63) is 23.8 Å². The van der Waals surface area contributed by atoms with Crippen LogP contribution < -0.4 is 10.3 Å². The van der Waals surface area contributed by atoms with Crippen LogP contribution in [0.5, 0.6) is 11.5 Å². The van der Waals surface area contributed by atoms with Gasteiger partial charge >= 0.3 is 0 Å². The monoisotopic (exact) mass is 151 g/mol. The van der Waals surface area contributed by atoms with Gasteiger partial charge in [0.2, 0.25) is 0 Å². The highest BCUT2D eigenvalue weighted by Gasteiger charge is 2.09. The molecule has 0 fully saturated rings. The molecule has 0 amide bonds. The van der Waals surface area contributed by atoms with Crippen LogP contribution in [0.3, 0.4) is 0 Å². The van der Waals surface area contributed by atoms with E-state index in [1.54, 1.807) is 18.2 Å². The molecule has 0 saturated carbocycles. The largest absolute Gasteiger partial charge is 0.508 e. The lowest BCUT2D eigenvalue weighted by molar-refractivity contribution is 0.179. The average Bonchev–Trinajstić information content (AvgIpc) is 2.04. The topological polar surface area (TPSA) is 41.5 Å². The van der Waals surface area contributed by atoms with Crippen LogP contribution in [0.1, 0.15) is 5.56 Å². The van der Waals surface area contributed by atoms with E-state index in [2.05, 4.69) is 5.48 Å². The van der Waals surface area contributed by atoms with Crippen molar-refractivity contribution >= 4 is 0 Å². The number of aromatic hydroxyl groups is 1. The second kappa shape index (κ2) is 2.43. The van der Waals surface area contributed by atoms with Gasteiger partial charge in [-0.2, -0.15) is 5.48 Å². The van der Waals surface area contributed by atoms with Gasteiger partial charge in [0.15, 0.2) is 5.75 Å². The second-order valence-corrected chi connectivity index (χ2v) is 2.54. The molecular weight excluding hydrogens is 142 g/mol. The predicted molar refractivity (Wildman–Crippen MR) is 40.4 cm³/mol. The van der Waals surface area contributed by atoms with Gasteiger partial charge in [-0.15, -0.1) is 0 Å². The lowest BCUT2D eigenvalue weighted by Gasteiger charge is -2.16. The molecule has 1 aromatic rings. The molecule has 0 atom stereocenters. The number of benzene rings is 1. The number of fused-ring (bicyclic) bond motifs is 1. The first-order valence-corrected chi connectivity index (χ1v) is 3.58. The van der Waals surface area contributed by atoms with Gasteiger partial charge in [0.05, 0.1) is 0 Å². The van der Waals surface area contributed by atoms with Gasteiger partial charge < -0.3 is 9.94 Å². The Morgan fingerprint density at radius 3 is 3.27 bits per heavy atom. The highest BCUT2D eigenvalue weighted by molar-refractivity contribution is 5.40. The van der Waals surface area contributed by atoms with E-state index in [1.807, 2.05) is 0 Å². The molecule has 0 aliphatic carbocycles. The Bertz CT molecular complexity index is 273. The average molecular weight is 151 g/mol. The number of phenols is 1. The van der Waals surface area contributed by atoms with Crippen LogP contribution in [0.4, 0.5) is 0 Å². The summed E-state index contributed by atoms with van der Waals surface area (Å²) in [5.74, 6) is 1.11. The molecule has 2 rings (SSSR count). The zero-order valence-electron chi connectivity index (χ0n) is 6.00. The molecule has 1 aromatic carbocycles. The SMILES string of the molecule is Oc1ccc2c(c1)CCNO2. The van der Waals surface area contributed by atoms with E-state index in [0.29, 0.717) is 5.75 Å². The van der Waals surface area contributed by atoms with E-state index in [1.165, 1.54) is 0 Å². The number of rotatable bonds is 0. The van der Waals surface area contributed by atoms with Crippen molar-refractivity contribution in [1.29, 1.82) is 0 Å². The van der Waals surface area contributed by atoms with E-state index < -0.39 is 0 Å². The van der Waals surface area contributed by atoms with Gasteiger partial charge in [-0.25, -0.2) is 0 Å². The van der Waals surface area contributed by atoms with Crippen LogP contribution in [-0.2, 0) is 6.42 Å². The molecule has 58 valence electrons. The fraction of sp³-hybridized carbons (Fsp3) is 0.250. The van der Waals surface area contributed by atoms with E-state index in [9.17, 15) is 0 Å². The maximum Gasteiger partial charge on any atom is 0.150 e. The Morgan fingerprint density at radius 1 is 1.45 bits per heavy atom. The lowest BCUT2D eigenvalue weighted by Crippen LogP contribution is -2.26. The molecule has 3 nitrogen and oxygen atoms in total. The van der Waals surface area contributed by atoms with Gasteiger partial charge in [-0.1, -0.05) is 0 Å². The summed E-state index contributed by atoms with van der Waals surface area (Å²) in [7, 11) is 0. The van der Waals surface area contributed by atoms with E-state index in [-0.39, 0.29) is 0 Å². The molecule has 0 aromatic heterocycles. The first-order valence-electron chi connectivity index (χ1n) is 3.58. The molecule has 2 N–H and O–H groups in total. The zero-order chi connectivity index (χ0) is 7.68. The van der Waals surface area contributed by atoms with Crippen LogP contribution in [0, 0.1) is 0 Å². The molecule has 3 heteroatoms. The van der Waals surface area contributed by atoms with Crippen molar-refractivity contribution in [2.24, 2.45) is 0 Å². The summed E-state index contributed by atoms with van der Waals surface area (Å²) in [6.45, 7) is 0.802. The summed E-state index contributed by atoms with van der Waals surface area (Å²) < 4.78 is 0. The maximum absolute atomic E-state index is 9.11. The standard InChI is InChI=1S/C8H9NO2/c10-7-1-2-8-6(5-7)3-4-9-11-8/h1-2,5,9-10H,3-4H2. The molecule has 1 aliphatic heterocycles. The second-order valence-electron chi connectivity index (χ2n) is 2.54. The smallest absolute Gasteiger partial charge is 0.150 e. The summed E-state index contributed by atoms with van der Waals surface area (Å²) in [5.41, 5.74) is 3.84. The lowest BCUT2D eigenvalue weighted by atomic mass is 10.1. The van der Waals surface area contributed by atoms with Crippen LogP contribution in [0.2, 0.25) is 0 Å². The molecule has 1 aliphatic rings. The van der Waals surface area contributed by atoms with Crippen molar-refractivity contribution in [2.75, 3.05) is 6.54 Å². The zero-order valence-corrected chi connectivity index (χ0v) is 6.00. The molecule has 0 unspecified atom stereocenters. The summed E-state index contributed by atoms with van der Waals surface area (Å²) in [5, 5.41) is 9.11. The van der Waals surface area contributed by atoms with E-state index >= 15 is 0 Å². The normalized spacial score (nSPS) is 15.3. The van der Waals surface area contributed by atoms with Crippen molar-refractivity contribution in [3.63, 3.8) is 0 Å². The van der Waals surface area contributed by atoms with E-state index in [4.69, 9.17) is 9.94 Å². The quantitative estimate of drug-likeness (QED) is 0.577. The molecule has 0 radical (unpaired) electrons. The Morgan fingerprint density at radius 2 is 2.36 bits per heavy atom. The molecule has 1 heterocycles. The molecule has 0 saturated heterocycles. The van der Waals surface area contributed by atoms with Crippen LogP contribution in [0.25, 0.3) is 0 Å². The fourth-order valence-corrected chi connectivity index (χ4v) is 1.18. The van der Waals surface area contributed by atoms with Crippen LogP contribution in [0.15, 0.2) is 18.2 Å². The summed E-state index contributed by atoms with van der Waals surface area (Å²) in [6, 6.07) is 5.11. The van der Waals surface area contributed by atoms with Crippen molar-refractivity contribution in [2.45, 2.75) is 6.42 Å². The maximum atomic E-state index is 9.11. The third-order valence-electron chi connectivity index (χ3n) is 1.72. The number of hydrogen-bond acceptors (Lipinski definition) is 3. The van der Waals surface area contributed by atoms with Gasteiger partial charge in [0.1, 0.15) is 5.75 Å². The third-order valence-corrected chi connectivity index (χ3v) is 1.72. The fourth-order valence-electron chi connectivity index (χ4n) is 1.18. The first-order chi connectivity index (χ1) is 5.36. The Kier molecular flexibility index (Phi) is 1.43. The first kappa shape index (κ1) is 6.49. The molecule has 0 bridgehead atoms. The van der Waals surface area contributed by atoms with E-state index in [0.717, 1.165) is 24.3 Å². The van der Waals surface area contributed by atoms with Gasteiger partial charge in [-0.05, 0) is 24.6 Å². The Hall–Kier alpha value is -1.22. The highest BCUT2D eigenvalue weighted by Crippen LogP contribution is 2.24. The number of hydroxylamine groups is 1. The number of phenolic OH excluding ortho intramolecular Hbond substituents is 1. The number of hydrogen-bond donors (Lipinski definition) is 2. The number of nitrogens with one attached hydrogen (secondary N) is 1. The predicted octanol–water partition coefficient (Wildman–Crippen LogP) is 0.832. The van der Waals surface area contributed by atoms with Gasteiger partial charge in [0.25, 0.3) is 0 Å². The minimum absolute atomic E-state index is 0.300. The minimum atomic E-state index is 0.300. The molecular formula is C8H9NO2. The van der Waals surface area contributed by atoms with Gasteiger partial charge in [-0.3, -0.25) is 0 Å². The van der Waals surface area contributed by atoms with Crippen molar-refractivity contribution in [1.82, 2.24) is 5.48 Å². The van der Waals surface area contributed by atoms with Crippen LogP contribution >= 0.6 is 0 Å². The summed E-state index contributed by atoms with van der Waals surface area (Å²) >= 11 is 0. The van der Waals surface area contributed by atoms with Crippen molar-refractivity contribution < 1.29 is 9.94 Å². The summed E-state index contributed by atoms with van der Waals surface area (Å²) in [6.07, 6.45) is 0.906. The molecule has 0 spiro atoms. The molecule has 11 heavy (non-hydrogen) atoms. The Balaban J connectivity index is 2.43. The Labute approximate surface area is 64.6 Å². The summed E-state index contributed by atoms with van der Waals surface area (Å²) in [4.78, 5) is 5.12.